The fourth-order valence-corrected chi connectivity index (χ4v) is 0.435. The Balaban J connectivity index is 4.14. The number of carboxylic acid groups (broad SMARTS) is 1. The third-order valence-corrected chi connectivity index (χ3v) is 0.876. The maximum Gasteiger partial charge on any atom is 0.352 e. The Hall–Kier alpha value is -1.76. The lowest BCUT2D eigenvalue weighted by molar-refractivity contribution is -0.133. The van der Waals surface area contributed by atoms with Crippen molar-refractivity contribution in [3.05, 3.63) is 24.4 Å². The summed E-state index contributed by atoms with van der Waals surface area (Å²) < 4.78 is 0. The fraction of sp³-hybridized carbons (Fsp3) is 0.143. The zero-order chi connectivity index (χ0) is 8.69. The van der Waals surface area contributed by atoms with Crippen LogP contribution in [0.25, 0.3) is 0 Å². The molecule has 0 aliphatic rings. The summed E-state index contributed by atoms with van der Waals surface area (Å²) in [5, 5.41) is 19.0. The molecule has 0 aliphatic heterocycles. The molecule has 0 amide bonds. The Morgan fingerprint density at radius 3 is 2.82 bits per heavy atom. The van der Waals surface area contributed by atoms with E-state index in [1.807, 2.05) is 0 Å². The van der Waals surface area contributed by atoms with Gasteiger partial charge < -0.3 is 10.4 Å². The molecule has 0 aromatic carbocycles. The van der Waals surface area contributed by atoms with Gasteiger partial charge in [-0.25, -0.2) is 4.79 Å². The monoisotopic (exact) mass is 152 g/mol. The van der Waals surface area contributed by atoms with E-state index < -0.39 is 5.97 Å². The van der Waals surface area contributed by atoms with Crippen LogP contribution in [0.5, 0.6) is 0 Å². The summed E-state index contributed by atoms with van der Waals surface area (Å²) in [5.74, 6) is -1.14. The minimum Gasteiger partial charge on any atom is -0.477 e. The Labute approximate surface area is 64.4 Å². The van der Waals surface area contributed by atoms with Crippen molar-refractivity contribution in [3.8, 4) is 6.07 Å². The number of carboxylic acids is 1. The van der Waals surface area contributed by atoms with Gasteiger partial charge in [-0.3, -0.25) is 0 Å². The Kier molecular flexibility index (Phi) is 4.25. The maximum atomic E-state index is 10.3. The SMILES string of the molecule is C=CCNC(=CC#N)C(=O)O. The number of nitrogens with zero attached hydrogens (tertiary/aromatic N) is 1. The molecular weight excluding hydrogens is 144 g/mol. The van der Waals surface area contributed by atoms with Gasteiger partial charge in [0, 0.05) is 12.6 Å². The van der Waals surface area contributed by atoms with Crippen LogP contribution in [0.3, 0.4) is 0 Å². The van der Waals surface area contributed by atoms with Gasteiger partial charge >= 0.3 is 5.97 Å². The van der Waals surface area contributed by atoms with E-state index in [9.17, 15) is 4.79 Å². The van der Waals surface area contributed by atoms with E-state index in [-0.39, 0.29) is 5.70 Å². The van der Waals surface area contributed by atoms with Crippen molar-refractivity contribution in [2.24, 2.45) is 0 Å². The van der Waals surface area contributed by atoms with Crippen LogP contribution in [0.4, 0.5) is 0 Å². The highest BCUT2D eigenvalue weighted by atomic mass is 16.4. The number of hydrogen-bond donors (Lipinski definition) is 2. The molecule has 0 radical (unpaired) electrons. The van der Waals surface area contributed by atoms with E-state index in [1.165, 1.54) is 6.08 Å². The van der Waals surface area contributed by atoms with Crippen LogP contribution in [0.2, 0.25) is 0 Å². The number of carbonyl (C=O) groups is 1. The third kappa shape index (κ3) is 3.76. The fourth-order valence-electron chi connectivity index (χ4n) is 0.435. The van der Waals surface area contributed by atoms with Crippen LogP contribution < -0.4 is 5.32 Å². The molecule has 11 heavy (non-hydrogen) atoms. The van der Waals surface area contributed by atoms with Gasteiger partial charge in [-0.2, -0.15) is 5.26 Å². The number of rotatable bonds is 4. The molecule has 0 unspecified atom stereocenters. The van der Waals surface area contributed by atoms with Crippen molar-refractivity contribution < 1.29 is 9.90 Å². The van der Waals surface area contributed by atoms with Gasteiger partial charge in [0.1, 0.15) is 5.70 Å². The summed E-state index contributed by atoms with van der Waals surface area (Å²) in [5.41, 5.74) is -0.118. The molecule has 2 N–H and O–H groups in total. The summed E-state index contributed by atoms with van der Waals surface area (Å²) in [4.78, 5) is 10.3. The zero-order valence-electron chi connectivity index (χ0n) is 5.87. The highest BCUT2D eigenvalue weighted by Crippen LogP contribution is 1.86. The lowest BCUT2D eigenvalue weighted by Gasteiger charge is -2.00. The van der Waals surface area contributed by atoms with Crippen LogP contribution in [0.1, 0.15) is 0 Å². The van der Waals surface area contributed by atoms with E-state index in [2.05, 4.69) is 11.9 Å². The molecule has 58 valence electrons. The van der Waals surface area contributed by atoms with Gasteiger partial charge in [0.15, 0.2) is 0 Å². The molecule has 0 rings (SSSR count). The quantitative estimate of drug-likeness (QED) is 0.344. The van der Waals surface area contributed by atoms with E-state index >= 15 is 0 Å². The van der Waals surface area contributed by atoms with Crippen molar-refractivity contribution in [2.75, 3.05) is 6.54 Å². The second-order valence-electron chi connectivity index (χ2n) is 1.66. The van der Waals surface area contributed by atoms with E-state index in [4.69, 9.17) is 10.4 Å². The van der Waals surface area contributed by atoms with Crippen LogP contribution in [-0.2, 0) is 4.79 Å². The van der Waals surface area contributed by atoms with Gasteiger partial charge in [-0.15, -0.1) is 6.58 Å². The molecule has 0 fully saturated rings. The summed E-state index contributed by atoms with van der Waals surface area (Å²) in [6.45, 7) is 3.72. The maximum absolute atomic E-state index is 10.3. The van der Waals surface area contributed by atoms with E-state index in [1.54, 1.807) is 6.07 Å². The highest BCUT2D eigenvalue weighted by molar-refractivity contribution is 5.86. The molecule has 0 heterocycles. The Morgan fingerprint density at radius 2 is 2.45 bits per heavy atom. The predicted octanol–water partition coefficient (Wildman–Crippen LogP) is 0.254. The minimum atomic E-state index is -1.14. The molecule has 0 bridgehead atoms. The van der Waals surface area contributed by atoms with Gasteiger partial charge in [0.2, 0.25) is 0 Å². The van der Waals surface area contributed by atoms with Crippen LogP contribution in [0.15, 0.2) is 24.4 Å². The normalized spacial score (nSPS) is 9.91. The largest absolute Gasteiger partial charge is 0.477 e. The number of allylic oxidation sites excluding steroid dienone is 1. The highest BCUT2D eigenvalue weighted by Gasteiger charge is 2.03. The number of hydrogen-bond acceptors (Lipinski definition) is 3. The lowest BCUT2D eigenvalue weighted by atomic mass is 10.4. The minimum absolute atomic E-state index is 0.118. The molecule has 0 saturated heterocycles. The molecule has 0 aromatic heterocycles. The average Bonchev–Trinajstić information content (AvgIpc) is 1.97. The van der Waals surface area contributed by atoms with E-state index in [0.717, 1.165) is 6.08 Å². The average molecular weight is 152 g/mol. The van der Waals surface area contributed by atoms with Crippen molar-refractivity contribution in [2.45, 2.75) is 0 Å². The first kappa shape index (κ1) is 9.24. The zero-order valence-corrected chi connectivity index (χ0v) is 5.87. The molecule has 4 nitrogen and oxygen atoms in total. The smallest absolute Gasteiger partial charge is 0.352 e. The van der Waals surface area contributed by atoms with Crippen molar-refractivity contribution in [3.63, 3.8) is 0 Å². The summed E-state index contributed by atoms with van der Waals surface area (Å²) in [6.07, 6.45) is 2.44. The van der Waals surface area contributed by atoms with E-state index in [0.29, 0.717) is 6.54 Å². The Morgan fingerprint density at radius 1 is 1.82 bits per heavy atom. The molecular formula is C7H8N2O2. The second kappa shape index (κ2) is 5.06. The molecule has 0 saturated carbocycles. The van der Waals surface area contributed by atoms with Gasteiger partial charge in [0.05, 0.1) is 6.07 Å². The molecule has 0 atom stereocenters. The Bertz CT molecular complexity index is 225. The van der Waals surface area contributed by atoms with Gasteiger partial charge in [-0.05, 0) is 0 Å². The first-order valence-electron chi connectivity index (χ1n) is 2.90. The first-order chi connectivity index (χ1) is 5.22. The van der Waals surface area contributed by atoms with Crippen LogP contribution >= 0.6 is 0 Å². The lowest BCUT2D eigenvalue weighted by Crippen LogP contribution is -2.19. The van der Waals surface area contributed by atoms with Crippen LogP contribution in [-0.4, -0.2) is 17.6 Å². The van der Waals surface area contributed by atoms with Crippen molar-refractivity contribution in [1.29, 1.82) is 5.26 Å². The van der Waals surface area contributed by atoms with Crippen LogP contribution in [0, 0.1) is 11.3 Å². The second-order valence-corrected chi connectivity index (χ2v) is 1.66. The van der Waals surface area contributed by atoms with Crippen molar-refractivity contribution in [1.82, 2.24) is 5.32 Å². The number of nitrogens with one attached hydrogen (secondary N) is 1. The molecule has 0 spiro atoms. The number of nitriles is 1. The molecule has 0 aliphatic carbocycles. The summed E-state index contributed by atoms with van der Waals surface area (Å²) in [7, 11) is 0. The topological polar surface area (TPSA) is 73.1 Å². The predicted molar refractivity (Wildman–Crippen MR) is 39.5 cm³/mol. The summed E-state index contributed by atoms with van der Waals surface area (Å²) in [6, 6.07) is 1.62. The molecule has 4 heteroatoms. The van der Waals surface area contributed by atoms with Gasteiger partial charge in [0.25, 0.3) is 0 Å². The standard InChI is InChI=1S/C7H8N2O2/c1-2-5-9-6(3-4-8)7(10)11/h2-3,9H,1,5H2,(H,10,11). The molecule has 0 aromatic rings. The van der Waals surface area contributed by atoms with Gasteiger partial charge in [-0.1, -0.05) is 6.08 Å². The summed E-state index contributed by atoms with van der Waals surface area (Å²) >= 11 is 0. The van der Waals surface area contributed by atoms with Crippen molar-refractivity contribution >= 4 is 5.97 Å². The number of aliphatic carboxylic acids is 1. The third-order valence-electron chi connectivity index (χ3n) is 0.876. The first-order valence-corrected chi connectivity index (χ1v) is 2.90.